The number of β-amino-alcohol motifs (C(OH)–C–C–N with tert-alkyl or cyclic N) is 1. The highest BCUT2D eigenvalue weighted by molar-refractivity contribution is 6.34. The minimum atomic E-state index is -0.183. The van der Waals surface area contributed by atoms with Crippen molar-refractivity contribution in [3.05, 3.63) is 21.9 Å². The van der Waals surface area contributed by atoms with Crippen molar-refractivity contribution in [2.75, 3.05) is 39.3 Å². The summed E-state index contributed by atoms with van der Waals surface area (Å²) in [7, 11) is 0. The van der Waals surface area contributed by atoms with Gasteiger partial charge in [-0.25, -0.2) is 0 Å². The molecule has 1 aromatic heterocycles. The minimum Gasteiger partial charge on any atom is -0.395 e. The third kappa shape index (κ3) is 3.79. The molecule has 2 heterocycles. The lowest BCUT2D eigenvalue weighted by atomic mass is 10.2. The molecule has 1 amide bonds. The summed E-state index contributed by atoms with van der Waals surface area (Å²) in [5.41, 5.74) is 0.280. The molecule has 0 spiro atoms. The van der Waals surface area contributed by atoms with Gasteiger partial charge in [-0.1, -0.05) is 23.2 Å². The van der Waals surface area contributed by atoms with Crippen molar-refractivity contribution < 1.29 is 9.90 Å². The van der Waals surface area contributed by atoms with E-state index in [0.717, 1.165) is 19.5 Å². The molecule has 2 rings (SSSR count). The van der Waals surface area contributed by atoms with E-state index in [0.29, 0.717) is 19.6 Å². The van der Waals surface area contributed by atoms with Gasteiger partial charge in [-0.05, 0) is 19.0 Å². The average Bonchev–Trinajstić information content (AvgIpc) is 2.67. The molecule has 0 radical (unpaired) electrons. The topological polar surface area (TPSA) is 69.6 Å². The number of rotatable bonds is 3. The zero-order valence-electron chi connectivity index (χ0n) is 10.9. The average molecular weight is 319 g/mol. The molecule has 1 N–H and O–H groups in total. The number of nitrogens with zero attached hydrogens (tertiary/aromatic N) is 4. The SMILES string of the molecule is O=C(c1cc(Cl)nnc1Cl)N1CCCN(CCO)CC1. The van der Waals surface area contributed by atoms with E-state index in [9.17, 15) is 4.79 Å². The molecule has 8 heteroatoms. The minimum absolute atomic E-state index is 0.0656. The maximum atomic E-state index is 12.4. The van der Waals surface area contributed by atoms with Gasteiger partial charge in [0.1, 0.15) is 0 Å². The van der Waals surface area contributed by atoms with Gasteiger partial charge in [0.25, 0.3) is 5.91 Å². The van der Waals surface area contributed by atoms with Crippen LogP contribution in [0.25, 0.3) is 0 Å². The number of carbonyl (C=O) groups is 1. The van der Waals surface area contributed by atoms with Crippen LogP contribution in [0, 0.1) is 0 Å². The van der Waals surface area contributed by atoms with Gasteiger partial charge in [-0.15, -0.1) is 10.2 Å². The third-order valence-corrected chi connectivity index (χ3v) is 3.71. The fourth-order valence-electron chi connectivity index (χ4n) is 2.21. The van der Waals surface area contributed by atoms with E-state index in [4.69, 9.17) is 28.3 Å². The number of aliphatic hydroxyl groups is 1. The van der Waals surface area contributed by atoms with Crippen molar-refractivity contribution in [3.8, 4) is 0 Å². The normalized spacial score (nSPS) is 17.1. The summed E-state index contributed by atoms with van der Waals surface area (Å²) in [6.45, 7) is 3.60. The molecular formula is C12H16Cl2N4O2. The van der Waals surface area contributed by atoms with Gasteiger partial charge >= 0.3 is 0 Å². The molecule has 1 fully saturated rings. The highest BCUT2D eigenvalue weighted by atomic mass is 35.5. The van der Waals surface area contributed by atoms with Crippen LogP contribution in [-0.2, 0) is 0 Å². The Hall–Kier alpha value is -0.950. The van der Waals surface area contributed by atoms with E-state index in [1.165, 1.54) is 6.07 Å². The second-order valence-corrected chi connectivity index (χ2v) is 5.33. The van der Waals surface area contributed by atoms with Crippen molar-refractivity contribution in [3.63, 3.8) is 0 Å². The molecule has 1 aliphatic heterocycles. The van der Waals surface area contributed by atoms with Gasteiger partial charge in [-0.3, -0.25) is 9.69 Å². The molecule has 1 aliphatic rings. The zero-order valence-corrected chi connectivity index (χ0v) is 12.4. The first-order valence-electron chi connectivity index (χ1n) is 6.43. The molecule has 6 nitrogen and oxygen atoms in total. The standard InChI is InChI=1S/C12H16Cl2N4O2/c13-10-8-9(11(14)16-15-10)12(20)18-3-1-2-17(4-5-18)6-7-19/h8,19H,1-7H2. The van der Waals surface area contributed by atoms with E-state index in [1.807, 2.05) is 0 Å². The van der Waals surface area contributed by atoms with Crippen LogP contribution in [0.5, 0.6) is 0 Å². The Balaban J connectivity index is 2.07. The van der Waals surface area contributed by atoms with Crippen LogP contribution in [0.3, 0.4) is 0 Å². The van der Waals surface area contributed by atoms with Crippen LogP contribution in [0.1, 0.15) is 16.8 Å². The van der Waals surface area contributed by atoms with Gasteiger partial charge in [-0.2, -0.15) is 0 Å². The second-order valence-electron chi connectivity index (χ2n) is 4.58. The Morgan fingerprint density at radius 3 is 2.80 bits per heavy atom. The van der Waals surface area contributed by atoms with Crippen LogP contribution in [-0.4, -0.2) is 70.3 Å². The lowest BCUT2D eigenvalue weighted by molar-refractivity contribution is 0.0760. The number of halogens is 2. The quantitative estimate of drug-likeness (QED) is 0.897. The zero-order chi connectivity index (χ0) is 14.5. The molecule has 1 aromatic rings. The fraction of sp³-hybridized carbons (Fsp3) is 0.583. The van der Waals surface area contributed by atoms with Crippen molar-refractivity contribution in [1.82, 2.24) is 20.0 Å². The van der Waals surface area contributed by atoms with Crippen LogP contribution >= 0.6 is 23.2 Å². The molecule has 0 unspecified atom stereocenters. The molecule has 110 valence electrons. The lowest BCUT2D eigenvalue weighted by Gasteiger charge is -2.21. The molecule has 0 aliphatic carbocycles. The molecule has 20 heavy (non-hydrogen) atoms. The number of hydrogen-bond donors (Lipinski definition) is 1. The van der Waals surface area contributed by atoms with Gasteiger partial charge in [0, 0.05) is 26.2 Å². The molecule has 0 atom stereocenters. The Morgan fingerprint density at radius 2 is 2.05 bits per heavy atom. The Labute approximate surface area is 127 Å². The van der Waals surface area contributed by atoms with E-state index < -0.39 is 0 Å². The predicted octanol–water partition coefficient (Wildman–Crippen LogP) is 0.924. The summed E-state index contributed by atoms with van der Waals surface area (Å²) in [6.07, 6.45) is 0.857. The maximum absolute atomic E-state index is 12.4. The van der Waals surface area contributed by atoms with Gasteiger partial charge in [0.15, 0.2) is 10.3 Å². The van der Waals surface area contributed by atoms with Crippen molar-refractivity contribution in [1.29, 1.82) is 0 Å². The number of carbonyl (C=O) groups excluding carboxylic acids is 1. The summed E-state index contributed by atoms with van der Waals surface area (Å²) in [4.78, 5) is 16.3. The Morgan fingerprint density at radius 1 is 1.25 bits per heavy atom. The van der Waals surface area contributed by atoms with Crippen molar-refractivity contribution >= 4 is 29.1 Å². The van der Waals surface area contributed by atoms with E-state index in [-0.39, 0.29) is 28.4 Å². The molecule has 0 saturated carbocycles. The Bertz CT molecular complexity index is 487. The summed E-state index contributed by atoms with van der Waals surface area (Å²) in [6, 6.07) is 1.44. The van der Waals surface area contributed by atoms with Gasteiger partial charge in [0.05, 0.1) is 12.2 Å². The molecule has 0 bridgehead atoms. The highest BCUT2D eigenvalue weighted by Gasteiger charge is 2.22. The van der Waals surface area contributed by atoms with Crippen LogP contribution in [0.2, 0.25) is 10.3 Å². The van der Waals surface area contributed by atoms with E-state index >= 15 is 0 Å². The first-order valence-corrected chi connectivity index (χ1v) is 7.18. The highest BCUT2D eigenvalue weighted by Crippen LogP contribution is 2.18. The van der Waals surface area contributed by atoms with Crippen molar-refractivity contribution in [2.24, 2.45) is 0 Å². The molecule has 1 saturated heterocycles. The summed E-state index contributed by atoms with van der Waals surface area (Å²) < 4.78 is 0. The summed E-state index contributed by atoms with van der Waals surface area (Å²) >= 11 is 11.7. The van der Waals surface area contributed by atoms with Crippen LogP contribution in [0.4, 0.5) is 0 Å². The monoisotopic (exact) mass is 318 g/mol. The number of aromatic nitrogens is 2. The van der Waals surface area contributed by atoms with Crippen LogP contribution < -0.4 is 0 Å². The summed E-state index contributed by atoms with van der Waals surface area (Å²) in [5.74, 6) is -0.183. The summed E-state index contributed by atoms with van der Waals surface area (Å²) in [5, 5.41) is 16.4. The first kappa shape index (κ1) is 15.4. The van der Waals surface area contributed by atoms with Crippen LogP contribution in [0.15, 0.2) is 6.07 Å². The fourth-order valence-corrected chi connectivity index (χ4v) is 2.53. The van der Waals surface area contributed by atoms with Crippen molar-refractivity contribution in [2.45, 2.75) is 6.42 Å². The van der Waals surface area contributed by atoms with E-state index in [2.05, 4.69) is 15.1 Å². The van der Waals surface area contributed by atoms with Gasteiger partial charge < -0.3 is 10.0 Å². The number of hydrogen-bond acceptors (Lipinski definition) is 5. The molecular weight excluding hydrogens is 303 g/mol. The Kier molecular flexibility index (Phi) is 5.54. The third-order valence-electron chi connectivity index (χ3n) is 3.24. The number of aliphatic hydroxyl groups excluding tert-OH is 1. The number of amides is 1. The largest absolute Gasteiger partial charge is 0.395 e. The maximum Gasteiger partial charge on any atom is 0.257 e. The van der Waals surface area contributed by atoms with E-state index in [1.54, 1.807) is 4.90 Å². The first-order chi connectivity index (χ1) is 9.61. The molecule has 0 aromatic carbocycles. The predicted molar refractivity (Wildman–Crippen MR) is 76.1 cm³/mol. The van der Waals surface area contributed by atoms with Gasteiger partial charge in [0.2, 0.25) is 0 Å². The second kappa shape index (κ2) is 7.17. The lowest BCUT2D eigenvalue weighted by Crippen LogP contribution is -2.36. The smallest absolute Gasteiger partial charge is 0.257 e.